The Kier molecular flexibility index (Phi) is 6.61. The predicted molar refractivity (Wildman–Crippen MR) is 87.2 cm³/mol. The van der Waals surface area contributed by atoms with Crippen molar-refractivity contribution in [3.05, 3.63) is 24.0 Å². The number of carbonyl (C=O) groups is 1. The largest absolute Gasteiger partial charge is 0.384 e. The molecule has 1 amide bonds. The summed E-state index contributed by atoms with van der Waals surface area (Å²) in [6.07, 6.45) is 1.71. The molecule has 0 unspecified atom stereocenters. The van der Waals surface area contributed by atoms with Crippen molar-refractivity contribution in [1.82, 2.24) is 15.2 Å². The minimum Gasteiger partial charge on any atom is -0.384 e. The summed E-state index contributed by atoms with van der Waals surface area (Å²) < 4.78 is 5.30. The standard InChI is InChI=1S/C16H26N4O2/c1-13(2)11-18-14-3-4-15(19-12-14)16(21)17-5-6-20-7-9-22-10-8-20/h3-4,12-13,18H,5-11H2,1-2H3,(H,17,21). The van der Waals surface area contributed by atoms with E-state index in [9.17, 15) is 4.79 Å². The molecule has 1 fully saturated rings. The maximum absolute atomic E-state index is 12.0. The highest BCUT2D eigenvalue weighted by Gasteiger charge is 2.11. The summed E-state index contributed by atoms with van der Waals surface area (Å²) in [5, 5.41) is 6.20. The molecule has 1 aromatic heterocycles. The molecule has 22 heavy (non-hydrogen) atoms. The summed E-state index contributed by atoms with van der Waals surface area (Å²) in [6, 6.07) is 3.65. The van der Waals surface area contributed by atoms with Gasteiger partial charge in [-0.3, -0.25) is 9.69 Å². The number of hydrogen-bond acceptors (Lipinski definition) is 5. The number of anilines is 1. The molecule has 0 radical (unpaired) electrons. The van der Waals surface area contributed by atoms with Crippen LogP contribution < -0.4 is 10.6 Å². The smallest absolute Gasteiger partial charge is 0.269 e. The molecule has 6 nitrogen and oxygen atoms in total. The number of ether oxygens (including phenoxy) is 1. The van der Waals surface area contributed by atoms with Crippen molar-refractivity contribution >= 4 is 11.6 Å². The molecule has 2 rings (SSSR count). The summed E-state index contributed by atoms with van der Waals surface area (Å²) in [7, 11) is 0. The van der Waals surface area contributed by atoms with Crippen LogP contribution in [0.15, 0.2) is 18.3 Å². The van der Waals surface area contributed by atoms with Crippen LogP contribution in [0.2, 0.25) is 0 Å². The van der Waals surface area contributed by atoms with Crippen LogP contribution in [0.5, 0.6) is 0 Å². The van der Waals surface area contributed by atoms with E-state index < -0.39 is 0 Å². The quantitative estimate of drug-likeness (QED) is 0.793. The average Bonchev–Trinajstić information content (AvgIpc) is 2.54. The molecule has 1 aliphatic heterocycles. The molecular weight excluding hydrogens is 280 g/mol. The second kappa shape index (κ2) is 8.70. The summed E-state index contributed by atoms with van der Waals surface area (Å²) in [5.41, 5.74) is 1.40. The van der Waals surface area contributed by atoms with Crippen molar-refractivity contribution in [2.75, 3.05) is 51.3 Å². The molecule has 2 heterocycles. The first-order chi connectivity index (χ1) is 10.6. The van der Waals surface area contributed by atoms with Gasteiger partial charge in [-0.2, -0.15) is 0 Å². The number of morpholine rings is 1. The van der Waals surface area contributed by atoms with E-state index in [-0.39, 0.29) is 5.91 Å². The summed E-state index contributed by atoms with van der Waals surface area (Å²) in [5.74, 6) is 0.451. The molecule has 0 aromatic carbocycles. The van der Waals surface area contributed by atoms with Gasteiger partial charge in [-0.25, -0.2) is 4.98 Å². The predicted octanol–water partition coefficient (Wildman–Crippen LogP) is 1.21. The Morgan fingerprint density at radius 3 is 2.77 bits per heavy atom. The molecule has 1 aliphatic rings. The third kappa shape index (κ3) is 5.61. The van der Waals surface area contributed by atoms with Crippen molar-refractivity contribution in [3.8, 4) is 0 Å². The van der Waals surface area contributed by atoms with Gasteiger partial charge in [0.25, 0.3) is 5.91 Å². The number of aromatic nitrogens is 1. The molecule has 0 bridgehead atoms. The third-order valence-corrected chi connectivity index (χ3v) is 3.53. The molecule has 0 aliphatic carbocycles. The molecule has 0 saturated carbocycles. The zero-order valence-corrected chi connectivity index (χ0v) is 13.5. The van der Waals surface area contributed by atoms with Crippen LogP contribution in [0, 0.1) is 5.92 Å². The molecule has 0 spiro atoms. The van der Waals surface area contributed by atoms with E-state index in [1.807, 2.05) is 6.07 Å². The van der Waals surface area contributed by atoms with Crippen LogP contribution in [0.25, 0.3) is 0 Å². The van der Waals surface area contributed by atoms with Gasteiger partial charge in [0.1, 0.15) is 5.69 Å². The van der Waals surface area contributed by atoms with E-state index in [0.29, 0.717) is 18.2 Å². The van der Waals surface area contributed by atoms with Gasteiger partial charge < -0.3 is 15.4 Å². The van der Waals surface area contributed by atoms with Gasteiger partial charge >= 0.3 is 0 Å². The maximum atomic E-state index is 12.0. The fourth-order valence-electron chi connectivity index (χ4n) is 2.20. The number of carbonyl (C=O) groups excluding carboxylic acids is 1. The molecule has 1 saturated heterocycles. The second-order valence-corrected chi connectivity index (χ2v) is 5.92. The Morgan fingerprint density at radius 1 is 1.36 bits per heavy atom. The van der Waals surface area contributed by atoms with Crippen molar-refractivity contribution in [2.24, 2.45) is 5.92 Å². The lowest BCUT2D eigenvalue weighted by Crippen LogP contribution is -2.41. The van der Waals surface area contributed by atoms with Crippen molar-refractivity contribution < 1.29 is 9.53 Å². The van der Waals surface area contributed by atoms with Gasteiger partial charge in [-0.1, -0.05) is 13.8 Å². The first kappa shape index (κ1) is 16.7. The number of amides is 1. The highest BCUT2D eigenvalue weighted by atomic mass is 16.5. The van der Waals surface area contributed by atoms with Crippen molar-refractivity contribution in [2.45, 2.75) is 13.8 Å². The van der Waals surface area contributed by atoms with Gasteiger partial charge in [0.2, 0.25) is 0 Å². The fourth-order valence-corrected chi connectivity index (χ4v) is 2.20. The SMILES string of the molecule is CC(C)CNc1ccc(C(=O)NCCN2CCOCC2)nc1. The summed E-state index contributed by atoms with van der Waals surface area (Å²) >= 11 is 0. The van der Waals surface area contributed by atoms with E-state index >= 15 is 0 Å². The Bertz CT molecular complexity index is 456. The van der Waals surface area contributed by atoms with Gasteiger partial charge in [0, 0.05) is 32.7 Å². The molecule has 2 N–H and O–H groups in total. The van der Waals surface area contributed by atoms with Gasteiger partial charge in [-0.15, -0.1) is 0 Å². The number of hydrogen-bond donors (Lipinski definition) is 2. The van der Waals surface area contributed by atoms with Crippen molar-refractivity contribution in [1.29, 1.82) is 0 Å². The van der Waals surface area contributed by atoms with E-state index in [2.05, 4.69) is 34.4 Å². The number of pyridine rings is 1. The van der Waals surface area contributed by atoms with Crippen LogP contribution in [0.3, 0.4) is 0 Å². The lowest BCUT2D eigenvalue weighted by atomic mass is 10.2. The van der Waals surface area contributed by atoms with E-state index in [1.165, 1.54) is 0 Å². The van der Waals surface area contributed by atoms with Crippen LogP contribution in [0.4, 0.5) is 5.69 Å². The van der Waals surface area contributed by atoms with Gasteiger partial charge in [0.05, 0.1) is 25.1 Å². The third-order valence-electron chi connectivity index (χ3n) is 3.53. The second-order valence-electron chi connectivity index (χ2n) is 5.92. The van der Waals surface area contributed by atoms with Crippen LogP contribution in [-0.2, 0) is 4.74 Å². The number of nitrogens with zero attached hydrogens (tertiary/aromatic N) is 2. The van der Waals surface area contributed by atoms with E-state index in [1.54, 1.807) is 12.3 Å². The first-order valence-electron chi connectivity index (χ1n) is 7.93. The molecular formula is C16H26N4O2. The first-order valence-corrected chi connectivity index (χ1v) is 7.93. The van der Waals surface area contributed by atoms with Gasteiger partial charge in [0.15, 0.2) is 0 Å². The Balaban J connectivity index is 1.72. The molecule has 6 heteroatoms. The van der Waals surface area contributed by atoms with Gasteiger partial charge in [-0.05, 0) is 18.1 Å². The van der Waals surface area contributed by atoms with Crippen LogP contribution >= 0.6 is 0 Å². The fraction of sp³-hybridized carbons (Fsp3) is 0.625. The van der Waals surface area contributed by atoms with E-state index in [0.717, 1.165) is 45.1 Å². The zero-order chi connectivity index (χ0) is 15.8. The maximum Gasteiger partial charge on any atom is 0.269 e. The van der Waals surface area contributed by atoms with Crippen LogP contribution in [-0.4, -0.2) is 61.7 Å². The Morgan fingerprint density at radius 2 is 2.14 bits per heavy atom. The minimum atomic E-state index is -0.122. The highest BCUT2D eigenvalue weighted by molar-refractivity contribution is 5.92. The van der Waals surface area contributed by atoms with Crippen molar-refractivity contribution in [3.63, 3.8) is 0 Å². The number of nitrogens with one attached hydrogen (secondary N) is 2. The average molecular weight is 306 g/mol. The summed E-state index contributed by atoms with van der Waals surface area (Å²) in [6.45, 7) is 10.1. The molecule has 0 atom stereocenters. The monoisotopic (exact) mass is 306 g/mol. The molecule has 122 valence electrons. The molecule has 1 aromatic rings. The Hall–Kier alpha value is -1.66. The topological polar surface area (TPSA) is 66.5 Å². The normalized spacial score (nSPS) is 15.8. The lowest BCUT2D eigenvalue weighted by molar-refractivity contribution is 0.0383. The lowest BCUT2D eigenvalue weighted by Gasteiger charge is -2.26. The Labute approximate surface area is 132 Å². The zero-order valence-electron chi connectivity index (χ0n) is 13.5. The number of rotatable bonds is 7. The summed E-state index contributed by atoms with van der Waals surface area (Å²) in [4.78, 5) is 18.5. The minimum absolute atomic E-state index is 0.122. The van der Waals surface area contributed by atoms with Crippen LogP contribution in [0.1, 0.15) is 24.3 Å². The highest BCUT2D eigenvalue weighted by Crippen LogP contribution is 2.07. The van der Waals surface area contributed by atoms with E-state index in [4.69, 9.17) is 4.74 Å².